The fourth-order valence-corrected chi connectivity index (χ4v) is 3.33. The molecule has 2 fully saturated rings. The molecule has 2 bridgehead atoms. The van der Waals surface area contributed by atoms with Gasteiger partial charge in [-0.25, -0.2) is 0 Å². The molecule has 17 heavy (non-hydrogen) atoms. The molecular formula is C14H23N3. The van der Waals surface area contributed by atoms with E-state index in [-0.39, 0.29) is 0 Å². The Hall–Kier alpha value is -0.990. The maximum absolute atomic E-state index is 5.98. The van der Waals surface area contributed by atoms with Gasteiger partial charge in [0.1, 0.15) is 0 Å². The number of guanidine groups is 1. The Morgan fingerprint density at radius 1 is 1.35 bits per heavy atom. The zero-order chi connectivity index (χ0) is 11.8. The van der Waals surface area contributed by atoms with Gasteiger partial charge in [-0.05, 0) is 49.9 Å². The van der Waals surface area contributed by atoms with E-state index >= 15 is 0 Å². The SMILES string of the molecule is CN(C(N)=NCCC1C[C@@H]2C=C[C@H]1C2)C1CC1. The van der Waals surface area contributed by atoms with E-state index in [4.69, 9.17) is 5.73 Å². The minimum atomic E-state index is 0.671. The van der Waals surface area contributed by atoms with Gasteiger partial charge in [-0.3, -0.25) is 4.99 Å². The number of fused-ring (bicyclic) bond motifs is 2. The molecule has 0 aliphatic heterocycles. The summed E-state index contributed by atoms with van der Waals surface area (Å²) in [5, 5.41) is 0. The maximum atomic E-state index is 5.98. The van der Waals surface area contributed by atoms with Crippen molar-refractivity contribution in [1.82, 2.24) is 4.90 Å². The van der Waals surface area contributed by atoms with Crippen LogP contribution in [0.1, 0.15) is 32.1 Å². The molecule has 3 heteroatoms. The van der Waals surface area contributed by atoms with Crippen LogP contribution in [0.4, 0.5) is 0 Å². The van der Waals surface area contributed by atoms with Crippen LogP contribution in [0.2, 0.25) is 0 Å². The molecule has 3 rings (SSSR count). The van der Waals surface area contributed by atoms with E-state index in [0.717, 1.165) is 30.3 Å². The van der Waals surface area contributed by atoms with Crippen molar-refractivity contribution in [2.45, 2.75) is 38.1 Å². The summed E-state index contributed by atoms with van der Waals surface area (Å²) in [6.07, 6.45) is 11.4. The van der Waals surface area contributed by atoms with Gasteiger partial charge in [0.05, 0.1) is 0 Å². The molecule has 2 N–H and O–H groups in total. The first-order valence-electron chi connectivity index (χ1n) is 6.95. The van der Waals surface area contributed by atoms with E-state index in [0.29, 0.717) is 6.04 Å². The van der Waals surface area contributed by atoms with E-state index in [1.54, 1.807) is 0 Å². The van der Waals surface area contributed by atoms with E-state index in [2.05, 4.69) is 29.1 Å². The van der Waals surface area contributed by atoms with Crippen LogP contribution in [0.3, 0.4) is 0 Å². The summed E-state index contributed by atoms with van der Waals surface area (Å²) < 4.78 is 0. The Kier molecular flexibility index (Phi) is 2.85. The topological polar surface area (TPSA) is 41.6 Å². The highest BCUT2D eigenvalue weighted by Crippen LogP contribution is 2.44. The van der Waals surface area contributed by atoms with Crippen molar-refractivity contribution in [3.63, 3.8) is 0 Å². The lowest BCUT2D eigenvalue weighted by atomic mass is 9.91. The van der Waals surface area contributed by atoms with Crippen LogP contribution in [-0.4, -0.2) is 30.5 Å². The fraction of sp³-hybridized carbons (Fsp3) is 0.786. The zero-order valence-corrected chi connectivity index (χ0v) is 10.7. The molecular weight excluding hydrogens is 210 g/mol. The van der Waals surface area contributed by atoms with E-state index in [1.807, 2.05) is 0 Å². The van der Waals surface area contributed by atoms with Crippen molar-refractivity contribution < 1.29 is 0 Å². The van der Waals surface area contributed by atoms with Crippen LogP contribution in [0, 0.1) is 17.8 Å². The first kappa shape index (κ1) is 11.1. The molecule has 1 unspecified atom stereocenters. The van der Waals surface area contributed by atoms with Crippen molar-refractivity contribution in [2.24, 2.45) is 28.5 Å². The highest BCUT2D eigenvalue weighted by molar-refractivity contribution is 5.78. The van der Waals surface area contributed by atoms with Gasteiger partial charge >= 0.3 is 0 Å². The molecule has 0 heterocycles. The molecule has 2 saturated carbocycles. The van der Waals surface area contributed by atoms with E-state index in [1.165, 1.54) is 32.1 Å². The summed E-state index contributed by atoms with van der Waals surface area (Å²) in [4.78, 5) is 6.67. The number of nitrogens with zero attached hydrogens (tertiary/aromatic N) is 2. The zero-order valence-electron chi connectivity index (χ0n) is 10.7. The van der Waals surface area contributed by atoms with Gasteiger partial charge in [0, 0.05) is 19.6 Å². The quantitative estimate of drug-likeness (QED) is 0.458. The van der Waals surface area contributed by atoms with Gasteiger partial charge in [0.15, 0.2) is 5.96 Å². The summed E-state index contributed by atoms with van der Waals surface area (Å²) in [7, 11) is 2.07. The third kappa shape index (κ3) is 2.33. The summed E-state index contributed by atoms with van der Waals surface area (Å²) in [6, 6.07) is 0.671. The molecule has 0 radical (unpaired) electrons. The number of nitrogens with two attached hydrogens (primary N) is 1. The second-order valence-electron chi connectivity index (χ2n) is 5.91. The molecule has 0 aromatic heterocycles. The Bertz CT molecular complexity index is 343. The van der Waals surface area contributed by atoms with E-state index < -0.39 is 0 Å². The number of hydrogen-bond donors (Lipinski definition) is 1. The number of aliphatic imine (C=N–C) groups is 1. The molecule has 3 aliphatic rings. The lowest BCUT2D eigenvalue weighted by molar-refractivity contribution is 0.419. The summed E-state index contributed by atoms with van der Waals surface area (Å²) >= 11 is 0. The van der Waals surface area contributed by atoms with Gasteiger partial charge in [-0.2, -0.15) is 0 Å². The monoisotopic (exact) mass is 233 g/mol. The average Bonchev–Trinajstić information content (AvgIpc) is 2.98. The lowest BCUT2D eigenvalue weighted by Gasteiger charge is -2.19. The van der Waals surface area contributed by atoms with Gasteiger partial charge < -0.3 is 10.6 Å². The molecule has 0 aromatic carbocycles. The Labute approximate surface area is 104 Å². The molecule has 0 aromatic rings. The first-order chi connectivity index (χ1) is 8.24. The second-order valence-corrected chi connectivity index (χ2v) is 5.91. The van der Waals surface area contributed by atoms with Crippen LogP contribution < -0.4 is 5.73 Å². The largest absolute Gasteiger partial charge is 0.370 e. The van der Waals surface area contributed by atoms with Gasteiger partial charge in [-0.1, -0.05) is 12.2 Å². The minimum Gasteiger partial charge on any atom is -0.370 e. The molecule has 3 atom stereocenters. The third-order valence-electron chi connectivity index (χ3n) is 4.65. The molecule has 0 saturated heterocycles. The van der Waals surface area contributed by atoms with Crippen molar-refractivity contribution in [2.75, 3.05) is 13.6 Å². The Balaban J connectivity index is 1.45. The first-order valence-corrected chi connectivity index (χ1v) is 6.95. The normalized spacial score (nSPS) is 35.6. The molecule has 94 valence electrons. The molecule has 3 nitrogen and oxygen atoms in total. The highest BCUT2D eigenvalue weighted by Gasteiger charge is 2.35. The predicted octanol–water partition coefficient (Wildman–Crippen LogP) is 2.00. The molecule has 0 amide bonds. The van der Waals surface area contributed by atoms with Crippen LogP contribution in [-0.2, 0) is 0 Å². The minimum absolute atomic E-state index is 0.671. The smallest absolute Gasteiger partial charge is 0.191 e. The van der Waals surface area contributed by atoms with Crippen LogP contribution in [0.25, 0.3) is 0 Å². The predicted molar refractivity (Wildman–Crippen MR) is 70.7 cm³/mol. The van der Waals surface area contributed by atoms with Crippen LogP contribution in [0.5, 0.6) is 0 Å². The number of rotatable bonds is 4. The summed E-state index contributed by atoms with van der Waals surface area (Å²) in [5.74, 6) is 3.33. The van der Waals surface area contributed by atoms with Gasteiger partial charge in [-0.15, -0.1) is 0 Å². The third-order valence-corrected chi connectivity index (χ3v) is 4.65. The molecule has 3 aliphatic carbocycles. The highest BCUT2D eigenvalue weighted by atomic mass is 15.3. The number of hydrogen-bond acceptors (Lipinski definition) is 1. The molecule has 0 spiro atoms. The van der Waals surface area contributed by atoms with Crippen molar-refractivity contribution in [3.8, 4) is 0 Å². The van der Waals surface area contributed by atoms with Gasteiger partial charge in [0.2, 0.25) is 0 Å². The van der Waals surface area contributed by atoms with Crippen LogP contribution >= 0.6 is 0 Å². The Morgan fingerprint density at radius 3 is 2.76 bits per heavy atom. The Morgan fingerprint density at radius 2 is 2.18 bits per heavy atom. The van der Waals surface area contributed by atoms with Crippen molar-refractivity contribution in [1.29, 1.82) is 0 Å². The number of allylic oxidation sites excluding steroid dienone is 2. The van der Waals surface area contributed by atoms with Crippen LogP contribution in [0.15, 0.2) is 17.1 Å². The maximum Gasteiger partial charge on any atom is 0.191 e. The van der Waals surface area contributed by atoms with Gasteiger partial charge in [0.25, 0.3) is 0 Å². The van der Waals surface area contributed by atoms with Crippen molar-refractivity contribution >= 4 is 5.96 Å². The fourth-order valence-electron chi connectivity index (χ4n) is 3.33. The second kappa shape index (κ2) is 4.35. The average molecular weight is 233 g/mol. The standard InChI is InChI=1S/C14H23N3/c1-17(13-4-5-13)14(15)16-7-6-12-9-10-2-3-11(12)8-10/h2-3,10-13H,4-9H2,1H3,(H2,15,16)/t10-,11+,12?/m1/s1. The summed E-state index contributed by atoms with van der Waals surface area (Å²) in [5.41, 5.74) is 5.98. The lowest BCUT2D eigenvalue weighted by Crippen LogP contribution is -2.35. The van der Waals surface area contributed by atoms with Crippen molar-refractivity contribution in [3.05, 3.63) is 12.2 Å². The summed E-state index contributed by atoms with van der Waals surface area (Å²) in [6.45, 7) is 0.907. The van der Waals surface area contributed by atoms with E-state index in [9.17, 15) is 0 Å².